The predicted octanol–water partition coefficient (Wildman–Crippen LogP) is 1.88. The molecule has 1 aliphatic heterocycles. The van der Waals surface area contributed by atoms with Gasteiger partial charge in [0, 0.05) is 26.1 Å². The first-order chi connectivity index (χ1) is 8.93. The van der Waals surface area contributed by atoms with Gasteiger partial charge in [0.15, 0.2) is 0 Å². The Morgan fingerprint density at radius 3 is 2.72 bits per heavy atom. The van der Waals surface area contributed by atoms with Crippen molar-refractivity contribution in [3.8, 4) is 11.8 Å². The van der Waals surface area contributed by atoms with Crippen molar-refractivity contribution in [3.63, 3.8) is 0 Å². The fourth-order valence-corrected chi connectivity index (χ4v) is 2.18. The minimum atomic E-state index is 0.875. The third-order valence-electron chi connectivity index (χ3n) is 3.25. The highest BCUT2D eigenvalue weighted by atomic mass is 16.5. The molecule has 3 heteroatoms. The lowest BCUT2D eigenvalue weighted by Gasteiger charge is -2.26. The van der Waals surface area contributed by atoms with E-state index in [1.807, 2.05) is 6.92 Å². The number of piperidine rings is 1. The SMILES string of the molecule is CC#CCCNCCCOCCN1CCCCC1. The maximum atomic E-state index is 5.65. The molecule has 1 heterocycles. The maximum absolute atomic E-state index is 5.65. The molecule has 0 spiro atoms. The second-order valence-electron chi connectivity index (χ2n) is 4.80. The van der Waals surface area contributed by atoms with Crippen molar-refractivity contribution < 1.29 is 4.74 Å². The first-order valence-electron chi connectivity index (χ1n) is 7.34. The first kappa shape index (κ1) is 15.5. The molecule has 1 saturated heterocycles. The van der Waals surface area contributed by atoms with Crippen molar-refractivity contribution in [1.82, 2.24) is 10.2 Å². The summed E-state index contributed by atoms with van der Waals surface area (Å²) in [4.78, 5) is 2.52. The molecule has 104 valence electrons. The molecule has 0 saturated carbocycles. The standard InChI is InChI=1S/C15H28N2O/c1-2-3-5-9-16-10-8-14-18-15-13-17-11-6-4-7-12-17/h16H,4-15H2,1H3. The summed E-state index contributed by atoms with van der Waals surface area (Å²) in [6.07, 6.45) is 6.19. The van der Waals surface area contributed by atoms with Crippen molar-refractivity contribution in [1.29, 1.82) is 0 Å². The zero-order valence-electron chi connectivity index (χ0n) is 11.8. The number of nitrogens with zero attached hydrogens (tertiary/aromatic N) is 1. The Kier molecular flexibility index (Phi) is 9.92. The summed E-state index contributed by atoms with van der Waals surface area (Å²) >= 11 is 0. The van der Waals surface area contributed by atoms with Crippen molar-refractivity contribution in [3.05, 3.63) is 0 Å². The summed E-state index contributed by atoms with van der Waals surface area (Å²) in [6.45, 7) is 9.33. The summed E-state index contributed by atoms with van der Waals surface area (Å²) in [5.74, 6) is 5.94. The lowest BCUT2D eigenvalue weighted by molar-refractivity contribution is 0.0950. The minimum absolute atomic E-state index is 0.875. The fourth-order valence-electron chi connectivity index (χ4n) is 2.18. The molecule has 3 nitrogen and oxygen atoms in total. The van der Waals surface area contributed by atoms with Gasteiger partial charge in [-0.3, -0.25) is 0 Å². The van der Waals surface area contributed by atoms with Gasteiger partial charge in [0.2, 0.25) is 0 Å². The molecule has 0 aromatic carbocycles. The average Bonchev–Trinajstić information content (AvgIpc) is 2.42. The highest BCUT2D eigenvalue weighted by Gasteiger charge is 2.08. The van der Waals surface area contributed by atoms with E-state index < -0.39 is 0 Å². The van der Waals surface area contributed by atoms with Crippen LogP contribution in [0.15, 0.2) is 0 Å². The Morgan fingerprint density at radius 2 is 1.94 bits per heavy atom. The smallest absolute Gasteiger partial charge is 0.0593 e. The maximum Gasteiger partial charge on any atom is 0.0593 e. The molecule has 0 bridgehead atoms. The van der Waals surface area contributed by atoms with Crippen LogP contribution in [0.1, 0.15) is 39.0 Å². The number of ether oxygens (including phenoxy) is 1. The Bertz CT molecular complexity index is 239. The number of rotatable bonds is 9. The molecule has 0 unspecified atom stereocenters. The molecule has 0 aromatic heterocycles. The molecular formula is C15H28N2O. The Hall–Kier alpha value is -0.560. The number of likely N-dealkylation sites (tertiary alicyclic amines) is 1. The molecule has 0 aromatic rings. The lowest BCUT2D eigenvalue weighted by atomic mass is 10.1. The van der Waals surface area contributed by atoms with Gasteiger partial charge in [-0.15, -0.1) is 11.8 Å². The summed E-state index contributed by atoms with van der Waals surface area (Å²) < 4.78 is 5.65. The normalized spacial score (nSPS) is 16.3. The molecule has 1 fully saturated rings. The third kappa shape index (κ3) is 8.52. The van der Waals surface area contributed by atoms with Crippen LogP contribution in [-0.4, -0.2) is 50.8 Å². The van der Waals surface area contributed by atoms with Crippen molar-refractivity contribution >= 4 is 0 Å². The van der Waals surface area contributed by atoms with Crippen LogP contribution in [0.5, 0.6) is 0 Å². The van der Waals surface area contributed by atoms with E-state index in [4.69, 9.17) is 4.74 Å². The molecule has 1 rings (SSSR count). The second-order valence-corrected chi connectivity index (χ2v) is 4.80. The zero-order chi connectivity index (χ0) is 12.9. The second kappa shape index (κ2) is 11.5. The van der Waals surface area contributed by atoms with E-state index >= 15 is 0 Å². The van der Waals surface area contributed by atoms with Crippen molar-refractivity contribution in [2.75, 3.05) is 45.9 Å². The van der Waals surface area contributed by atoms with E-state index in [9.17, 15) is 0 Å². The van der Waals surface area contributed by atoms with E-state index in [1.165, 1.54) is 32.4 Å². The topological polar surface area (TPSA) is 24.5 Å². The van der Waals surface area contributed by atoms with Crippen LogP contribution in [-0.2, 0) is 4.74 Å². The predicted molar refractivity (Wildman–Crippen MR) is 76.7 cm³/mol. The monoisotopic (exact) mass is 252 g/mol. The van der Waals surface area contributed by atoms with Crippen LogP contribution in [0.2, 0.25) is 0 Å². The summed E-state index contributed by atoms with van der Waals surface area (Å²) in [6, 6.07) is 0. The van der Waals surface area contributed by atoms with Gasteiger partial charge in [-0.2, -0.15) is 0 Å². The lowest BCUT2D eigenvalue weighted by Crippen LogP contribution is -2.32. The van der Waals surface area contributed by atoms with Gasteiger partial charge >= 0.3 is 0 Å². The zero-order valence-corrected chi connectivity index (χ0v) is 11.8. The molecule has 0 aliphatic carbocycles. The summed E-state index contributed by atoms with van der Waals surface area (Å²) in [7, 11) is 0. The van der Waals surface area contributed by atoms with Crippen LogP contribution < -0.4 is 5.32 Å². The van der Waals surface area contributed by atoms with Crippen LogP contribution in [0.4, 0.5) is 0 Å². The first-order valence-corrected chi connectivity index (χ1v) is 7.34. The number of hydrogen-bond donors (Lipinski definition) is 1. The van der Waals surface area contributed by atoms with Gasteiger partial charge in [0.25, 0.3) is 0 Å². The van der Waals surface area contributed by atoms with Gasteiger partial charge < -0.3 is 15.0 Å². The molecule has 0 amide bonds. The molecular weight excluding hydrogens is 224 g/mol. The average molecular weight is 252 g/mol. The van der Waals surface area contributed by atoms with Crippen LogP contribution in [0.25, 0.3) is 0 Å². The highest BCUT2D eigenvalue weighted by Crippen LogP contribution is 2.07. The van der Waals surface area contributed by atoms with Crippen LogP contribution >= 0.6 is 0 Å². The Balaban J connectivity index is 1.76. The van der Waals surface area contributed by atoms with Crippen molar-refractivity contribution in [2.24, 2.45) is 0 Å². The Morgan fingerprint density at radius 1 is 1.11 bits per heavy atom. The van der Waals surface area contributed by atoms with E-state index in [-0.39, 0.29) is 0 Å². The third-order valence-corrected chi connectivity index (χ3v) is 3.25. The molecule has 1 N–H and O–H groups in total. The van der Waals surface area contributed by atoms with Crippen LogP contribution in [0, 0.1) is 11.8 Å². The van der Waals surface area contributed by atoms with Gasteiger partial charge in [0.1, 0.15) is 0 Å². The van der Waals surface area contributed by atoms with Crippen molar-refractivity contribution in [2.45, 2.75) is 39.0 Å². The Labute approximate surface area is 112 Å². The summed E-state index contributed by atoms with van der Waals surface area (Å²) in [5.41, 5.74) is 0. The van der Waals surface area contributed by atoms with E-state index in [0.717, 1.165) is 45.7 Å². The van der Waals surface area contributed by atoms with Gasteiger partial charge in [0.05, 0.1) is 6.61 Å². The summed E-state index contributed by atoms with van der Waals surface area (Å²) in [5, 5.41) is 3.37. The molecule has 18 heavy (non-hydrogen) atoms. The van der Waals surface area contributed by atoms with E-state index in [2.05, 4.69) is 22.1 Å². The van der Waals surface area contributed by atoms with Gasteiger partial charge in [-0.25, -0.2) is 0 Å². The van der Waals surface area contributed by atoms with E-state index in [0.29, 0.717) is 0 Å². The quantitative estimate of drug-likeness (QED) is 0.501. The molecule has 0 atom stereocenters. The number of hydrogen-bond acceptors (Lipinski definition) is 3. The largest absolute Gasteiger partial charge is 0.380 e. The number of nitrogens with one attached hydrogen (secondary N) is 1. The van der Waals surface area contributed by atoms with Gasteiger partial charge in [-0.1, -0.05) is 6.42 Å². The highest BCUT2D eigenvalue weighted by molar-refractivity contribution is 4.94. The van der Waals surface area contributed by atoms with E-state index in [1.54, 1.807) is 0 Å². The molecule has 0 radical (unpaired) electrons. The van der Waals surface area contributed by atoms with Gasteiger partial charge in [-0.05, 0) is 45.8 Å². The fraction of sp³-hybridized carbons (Fsp3) is 0.867. The molecule has 1 aliphatic rings. The minimum Gasteiger partial charge on any atom is -0.380 e. The van der Waals surface area contributed by atoms with Crippen LogP contribution in [0.3, 0.4) is 0 Å².